The number of carbonyl (C=O) groups excluding carboxylic acids is 3. The quantitative estimate of drug-likeness (QED) is 0.352. The van der Waals surface area contributed by atoms with Crippen LogP contribution >= 0.6 is 0 Å². The number of amides is 4. The first-order valence-electron chi connectivity index (χ1n) is 6.06. The monoisotopic (exact) mass is 304 g/mol. The summed E-state index contributed by atoms with van der Waals surface area (Å²) in [5.74, 6) is -2.67. The van der Waals surface area contributed by atoms with E-state index in [1.54, 1.807) is 0 Å². The van der Waals surface area contributed by atoms with Gasteiger partial charge in [0.2, 0.25) is 11.8 Å². The molecule has 0 saturated carbocycles. The SMILES string of the molecule is COCCNC(=O)CN(C)C(=O)NC(CC(N)=O)C(=O)O. The Labute approximate surface area is 121 Å². The Morgan fingerprint density at radius 3 is 2.43 bits per heavy atom. The second-order valence-electron chi connectivity index (χ2n) is 4.21. The van der Waals surface area contributed by atoms with Crippen molar-refractivity contribution in [2.24, 2.45) is 5.73 Å². The van der Waals surface area contributed by atoms with Crippen LogP contribution in [0.25, 0.3) is 0 Å². The molecule has 0 saturated heterocycles. The highest BCUT2D eigenvalue weighted by atomic mass is 16.5. The fourth-order valence-electron chi connectivity index (χ4n) is 1.30. The zero-order valence-electron chi connectivity index (χ0n) is 11.9. The number of carboxylic acid groups (broad SMARTS) is 1. The van der Waals surface area contributed by atoms with E-state index >= 15 is 0 Å². The van der Waals surface area contributed by atoms with Crippen LogP contribution in [0.2, 0.25) is 0 Å². The lowest BCUT2D eigenvalue weighted by Crippen LogP contribution is -2.50. The number of urea groups is 1. The molecule has 0 rings (SSSR count). The van der Waals surface area contributed by atoms with Gasteiger partial charge in [0, 0.05) is 20.7 Å². The van der Waals surface area contributed by atoms with Gasteiger partial charge in [-0.15, -0.1) is 0 Å². The highest BCUT2D eigenvalue weighted by Crippen LogP contribution is 1.94. The standard InChI is InChI=1S/C11H20N4O6/c1-15(6-9(17)13-3-4-21-2)11(20)14-7(10(18)19)5-8(12)16/h7H,3-6H2,1-2H3,(H2,12,16)(H,13,17)(H,14,20)(H,18,19). The van der Waals surface area contributed by atoms with Gasteiger partial charge in [0.1, 0.15) is 12.6 Å². The van der Waals surface area contributed by atoms with Crippen molar-refractivity contribution in [1.29, 1.82) is 0 Å². The van der Waals surface area contributed by atoms with Crippen molar-refractivity contribution in [3.63, 3.8) is 0 Å². The molecule has 0 radical (unpaired) electrons. The number of ether oxygens (including phenoxy) is 1. The minimum Gasteiger partial charge on any atom is -0.480 e. The molecule has 0 aromatic carbocycles. The van der Waals surface area contributed by atoms with Crippen LogP contribution in [0.4, 0.5) is 4.79 Å². The molecule has 0 aliphatic rings. The molecule has 10 nitrogen and oxygen atoms in total. The number of nitrogens with two attached hydrogens (primary N) is 1. The normalized spacial score (nSPS) is 11.3. The van der Waals surface area contributed by atoms with E-state index in [2.05, 4.69) is 10.6 Å². The molecule has 0 aromatic heterocycles. The molecule has 0 aliphatic carbocycles. The second kappa shape index (κ2) is 9.53. The summed E-state index contributed by atoms with van der Waals surface area (Å²) in [6.07, 6.45) is -0.533. The fraction of sp³-hybridized carbons (Fsp3) is 0.636. The van der Waals surface area contributed by atoms with Crippen molar-refractivity contribution in [2.75, 3.05) is 33.9 Å². The summed E-state index contributed by atoms with van der Waals surface area (Å²) < 4.78 is 4.74. The molecule has 10 heteroatoms. The Hall–Kier alpha value is -2.36. The third kappa shape index (κ3) is 8.42. The molecule has 120 valence electrons. The van der Waals surface area contributed by atoms with E-state index in [-0.39, 0.29) is 6.54 Å². The van der Waals surface area contributed by atoms with Gasteiger partial charge in [-0.25, -0.2) is 9.59 Å². The number of carboxylic acids is 1. The minimum absolute atomic E-state index is 0.265. The van der Waals surface area contributed by atoms with Gasteiger partial charge in [0.05, 0.1) is 13.0 Å². The van der Waals surface area contributed by atoms with E-state index < -0.39 is 36.3 Å². The van der Waals surface area contributed by atoms with Crippen LogP contribution < -0.4 is 16.4 Å². The molecule has 0 aliphatic heterocycles. The average molecular weight is 304 g/mol. The Bertz CT molecular complexity index is 400. The maximum Gasteiger partial charge on any atom is 0.326 e. The lowest BCUT2D eigenvalue weighted by Gasteiger charge is -2.20. The average Bonchev–Trinajstić information content (AvgIpc) is 2.37. The van der Waals surface area contributed by atoms with Crippen molar-refractivity contribution in [1.82, 2.24) is 15.5 Å². The van der Waals surface area contributed by atoms with Crippen LogP contribution in [0.3, 0.4) is 0 Å². The number of rotatable bonds is 9. The van der Waals surface area contributed by atoms with Gasteiger partial charge in [0.25, 0.3) is 0 Å². The number of nitrogens with zero attached hydrogens (tertiary/aromatic N) is 1. The van der Waals surface area contributed by atoms with Gasteiger partial charge >= 0.3 is 12.0 Å². The van der Waals surface area contributed by atoms with E-state index in [9.17, 15) is 19.2 Å². The lowest BCUT2D eigenvalue weighted by atomic mass is 10.2. The summed E-state index contributed by atoms with van der Waals surface area (Å²) in [5.41, 5.74) is 4.89. The van der Waals surface area contributed by atoms with Gasteiger partial charge in [-0.05, 0) is 0 Å². The van der Waals surface area contributed by atoms with Gasteiger partial charge in [-0.1, -0.05) is 0 Å². The zero-order chi connectivity index (χ0) is 16.4. The van der Waals surface area contributed by atoms with Crippen molar-refractivity contribution in [3.05, 3.63) is 0 Å². The third-order valence-corrected chi connectivity index (χ3v) is 2.36. The van der Waals surface area contributed by atoms with Crippen LogP contribution in [-0.4, -0.2) is 73.7 Å². The maximum atomic E-state index is 11.7. The predicted molar refractivity (Wildman–Crippen MR) is 71.3 cm³/mol. The molecule has 0 spiro atoms. The number of hydrogen-bond donors (Lipinski definition) is 4. The molecular formula is C11H20N4O6. The van der Waals surface area contributed by atoms with E-state index in [1.807, 2.05) is 0 Å². The summed E-state index contributed by atoms with van der Waals surface area (Å²) in [4.78, 5) is 45.7. The number of aliphatic carboxylic acids is 1. The summed E-state index contributed by atoms with van der Waals surface area (Å²) in [6, 6.07) is -2.24. The Morgan fingerprint density at radius 1 is 1.33 bits per heavy atom. The summed E-state index contributed by atoms with van der Waals surface area (Å²) in [7, 11) is 2.80. The number of hydrogen-bond acceptors (Lipinski definition) is 5. The van der Waals surface area contributed by atoms with Crippen molar-refractivity contribution in [2.45, 2.75) is 12.5 Å². The van der Waals surface area contributed by atoms with E-state index in [0.29, 0.717) is 13.2 Å². The number of primary amides is 1. The predicted octanol–water partition coefficient (Wildman–Crippen LogP) is -2.28. The third-order valence-electron chi connectivity index (χ3n) is 2.36. The molecule has 1 unspecified atom stereocenters. The molecule has 21 heavy (non-hydrogen) atoms. The summed E-state index contributed by atoms with van der Waals surface area (Å²) in [5, 5.41) is 13.4. The number of likely N-dealkylation sites (N-methyl/N-ethyl adjacent to an activating group) is 1. The molecule has 5 N–H and O–H groups in total. The molecule has 1 atom stereocenters. The first-order chi connectivity index (χ1) is 9.77. The summed E-state index contributed by atoms with van der Waals surface area (Å²) >= 11 is 0. The Kier molecular flexibility index (Phi) is 8.46. The van der Waals surface area contributed by atoms with E-state index in [0.717, 1.165) is 4.90 Å². The van der Waals surface area contributed by atoms with Gasteiger partial charge in [-0.2, -0.15) is 0 Å². The van der Waals surface area contributed by atoms with Crippen LogP contribution in [0, 0.1) is 0 Å². The van der Waals surface area contributed by atoms with Crippen LogP contribution in [0.1, 0.15) is 6.42 Å². The van der Waals surface area contributed by atoms with E-state index in [4.69, 9.17) is 15.6 Å². The van der Waals surface area contributed by atoms with Gasteiger partial charge in [-0.3, -0.25) is 9.59 Å². The molecular weight excluding hydrogens is 284 g/mol. The molecule has 0 heterocycles. The van der Waals surface area contributed by atoms with Crippen LogP contribution in [0.5, 0.6) is 0 Å². The van der Waals surface area contributed by atoms with Gasteiger partial charge < -0.3 is 31.1 Å². The Balaban J connectivity index is 4.32. The van der Waals surface area contributed by atoms with Crippen molar-refractivity contribution >= 4 is 23.8 Å². The highest BCUT2D eigenvalue weighted by molar-refractivity contribution is 5.89. The minimum atomic E-state index is -1.44. The largest absolute Gasteiger partial charge is 0.480 e. The lowest BCUT2D eigenvalue weighted by molar-refractivity contribution is -0.140. The first-order valence-corrected chi connectivity index (χ1v) is 6.06. The molecule has 0 fully saturated rings. The van der Waals surface area contributed by atoms with E-state index in [1.165, 1.54) is 14.2 Å². The van der Waals surface area contributed by atoms with Crippen LogP contribution in [0.15, 0.2) is 0 Å². The van der Waals surface area contributed by atoms with Gasteiger partial charge in [0.15, 0.2) is 0 Å². The maximum absolute atomic E-state index is 11.7. The molecule has 4 amide bonds. The van der Waals surface area contributed by atoms with Crippen LogP contribution in [-0.2, 0) is 19.1 Å². The topological polar surface area (TPSA) is 151 Å². The number of methoxy groups -OCH3 is 1. The van der Waals surface area contributed by atoms with Crippen molar-refractivity contribution in [3.8, 4) is 0 Å². The highest BCUT2D eigenvalue weighted by Gasteiger charge is 2.24. The van der Waals surface area contributed by atoms with Crippen molar-refractivity contribution < 1.29 is 29.0 Å². The molecule has 0 aromatic rings. The molecule has 0 bridgehead atoms. The fourth-order valence-corrected chi connectivity index (χ4v) is 1.30. The first kappa shape index (κ1) is 18.6. The number of carbonyl (C=O) groups is 4. The Morgan fingerprint density at radius 2 is 1.95 bits per heavy atom. The number of nitrogens with one attached hydrogen (secondary N) is 2. The zero-order valence-corrected chi connectivity index (χ0v) is 11.9. The smallest absolute Gasteiger partial charge is 0.326 e. The second-order valence-corrected chi connectivity index (χ2v) is 4.21. The summed E-state index contributed by atoms with van der Waals surface area (Å²) in [6.45, 7) is 0.365.